The van der Waals surface area contributed by atoms with E-state index in [2.05, 4.69) is 60.2 Å². The van der Waals surface area contributed by atoms with Crippen molar-refractivity contribution in [3.05, 3.63) is 69.3 Å². The van der Waals surface area contributed by atoms with Crippen molar-refractivity contribution in [2.45, 2.75) is 49.6 Å². The summed E-state index contributed by atoms with van der Waals surface area (Å²) in [4.78, 5) is 12.1. The van der Waals surface area contributed by atoms with Crippen LogP contribution < -0.4 is 0 Å². The molecule has 1 nitrogen and oxygen atoms in total. The van der Waals surface area contributed by atoms with Crippen molar-refractivity contribution < 1.29 is 9.19 Å². The number of hydrogen-bond acceptors (Lipinski definition) is 2. The lowest BCUT2D eigenvalue weighted by atomic mass is 9.87. The summed E-state index contributed by atoms with van der Waals surface area (Å²) in [6, 6.07) is 5.33. The minimum absolute atomic E-state index is 0.153. The van der Waals surface area contributed by atoms with E-state index in [-0.39, 0.29) is 16.8 Å². The van der Waals surface area contributed by atoms with Crippen molar-refractivity contribution in [1.82, 2.24) is 0 Å². The van der Waals surface area contributed by atoms with Crippen LogP contribution in [0, 0.1) is 11.7 Å². The van der Waals surface area contributed by atoms with Crippen molar-refractivity contribution in [3.63, 3.8) is 0 Å². The highest BCUT2D eigenvalue weighted by atomic mass is 79.9. The number of benzene rings is 1. The van der Waals surface area contributed by atoms with Crippen LogP contribution in [-0.4, -0.2) is 18.4 Å². The number of fused-ring (bicyclic) bond motifs is 1. The second-order valence-electron chi connectivity index (χ2n) is 8.37. The predicted octanol–water partition coefficient (Wildman–Crippen LogP) is 6.78. The first-order valence-corrected chi connectivity index (χ1v) is 13.6. The molecule has 0 saturated heterocycles. The fraction of sp³-hybridized carbons (Fsp3) is 0.429. The minimum Gasteiger partial charge on any atom is -0.432 e. The molecule has 0 aromatic heterocycles. The lowest BCUT2D eigenvalue weighted by molar-refractivity contribution is 0.438. The Kier molecular flexibility index (Phi) is 5.74. The van der Waals surface area contributed by atoms with E-state index in [1.807, 2.05) is 37.0 Å². The highest BCUT2D eigenvalue weighted by Crippen LogP contribution is 2.53. The number of rotatable bonds is 5. The second-order valence-corrected chi connectivity index (χ2v) is 14.9. The molecule has 0 spiro atoms. The molecule has 26 heavy (non-hydrogen) atoms. The fourth-order valence-electron chi connectivity index (χ4n) is 3.33. The third kappa shape index (κ3) is 4.11. The van der Waals surface area contributed by atoms with Crippen molar-refractivity contribution in [3.8, 4) is 0 Å². The molecule has 0 fully saturated rings. The SMILES string of the molecule is CC(C)(CC(C1=CC2C=CC=CC2S1)c1ccc(F)c(Br)c1)[Si](C)(C)O. The third-order valence-electron chi connectivity index (χ3n) is 5.81. The van der Waals surface area contributed by atoms with Crippen LogP contribution >= 0.6 is 27.7 Å². The summed E-state index contributed by atoms with van der Waals surface area (Å²) in [6.45, 7) is 8.34. The van der Waals surface area contributed by atoms with Crippen LogP contribution in [0.1, 0.15) is 31.7 Å². The normalized spacial score (nSPS) is 23.7. The number of hydrogen-bond donors (Lipinski definition) is 1. The standard InChI is InChI=1S/C21H26BrFOSSi/c1-21(2,26(3,4)24)13-16(14-9-10-18(23)17(22)11-14)20-12-15-7-5-6-8-19(15)25-20/h5-12,15-16,19,24H,13H2,1-4H3. The van der Waals surface area contributed by atoms with Gasteiger partial charge in [-0.1, -0.05) is 50.3 Å². The van der Waals surface area contributed by atoms with Crippen molar-refractivity contribution >= 4 is 36.0 Å². The predicted molar refractivity (Wildman–Crippen MR) is 116 cm³/mol. The largest absolute Gasteiger partial charge is 0.432 e. The monoisotopic (exact) mass is 452 g/mol. The van der Waals surface area contributed by atoms with Gasteiger partial charge in [-0.05, 0) is 63.1 Å². The van der Waals surface area contributed by atoms with Gasteiger partial charge in [-0.15, -0.1) is 11.8 Å². The lowest BCUT2D eigenvalue weighted by Gasteiger charge is -2.38. The Morgan fingerprint density at radius 1 is 1.27 bits per heavy atom. The molecule has 5 heteroatoms. The third-order valence-corrected chi connectivity index (χ3v) is 11.4. The van der Waals surface area contributed by atoms with Gasteiger partial charge >= 0.3 is 0 Å². The average Bonchev–Trinajstić information content (AvgIpc) is 2.98. The van der Waals surface area contributed by atoms with E-state index in [1.165, 1.54) is 11.0 Å². The molecule has 1 aliphatic heterocycles. The van der Waals surface area contributed by atoms with E-state index in [9.17, 15) is 9.19 Å². The molecular formula is C21H26BrFOSSi. The summed E-state index contributed by atoms with van der Waals surface area (Å²) in [5.41, 5.74) is 1.11. The van der Waals surface area contributed by atoms with Gasteiger partial charge in [-0.25, -0.2) is 4.39 Å². The molecule has 0 amide bonds. The molecule has 3 atom stereocenters. The van der Waals surface area contributed by atoms with Gasteiger partial charge in [0.2, 0.25) is 0 Å². The van der Waals surface area contributed by atoms with Crippen LogP contribution in [0.25, 0.3) is 0 Å². The molecule has 140 valence electrons. The summed E-state index contributed by atoms with van der Waals surface area (Å²) in [7, 11) is -2.34. The van der Waals surface area contributed by atoms with Gasteiger partial charge in [-0.3, -0.25) is 0 Å². The topological polar surface area (TPSA) is 20.2 Å². The fourth-order valence-corrected chi connectivity index (χ4v) is 5.86. The molecule has 1 heterocycles. The van der Waals surface area contributed by atoms with Crippen molar-refractivity contribution in [2.75, 3.05) is 0 Å². The van der Waals surface area contributed by atoms with Gasteiger partial charge in [0.25, 0.3) is 0 Å². The Labute approximate surface area is 169 Å². The Morgan fingerprint density at radius 3 is 2.58 bits per heavy atom. The number of allylic oxidation sites excluding steroid dienone is 5. The molecule has 0 saturated carbocycles. The molecule has 0 bridgehead atoms. The number of halogens is 2. The molecule has 3 unspecified atom stereocenters. The van der Waals surface area contributed by atoms with Crippen LogP contribution in [0.2, 0.25) is 18.1 Å². The summed E-state index contributed by atoms with van der Waals surface area (Å²) in [5.74, 6) is 0.350. The first-order valence-electron chi connectivity index (χ1n) is 8.99. The van der Waals surface area contributed by atoms with E-state index in [0.29, 0.717) is 15.6 Å². The first-order chi connectivity index (χ1) is 12.1. The Morgan fingerprint density at radius 2 is 1.96 bits per heavy atom. The maximum Gasteiger partial charge on any atom is 0.188 e. The van der Waals surface area contributed by atoms with Gasteiger partial charge in [-0.2, -0.15) is 0 Å². The molecule has 3 rings (SSSR count). The van der Waals surface area contributed by atoms with Crippen LogP contribution in [-0.2, 0) is 0 Å². The van der Waals surface area contributed by atoms with Crippen LogP contribution in [0.15, 0.2) is 58.0 Å². The van der Waals surface area contributed by atoms with E-state index < -0.39 is 8.32 Å². The van der Waals surface area contributed by atoms with Crippen LogP contribution in [0.4, 0.5) is 4.39 Å². The molecule has 1 aromatic carbocycles. The smallest absolute Gasteiger partial charge is 0.188 e. The summed E-state index contributed by atoms with van der Waals surface area (Å²) >= 11 is 5.25. The highest BCUT2D eigenvalue weighted by molar-refractivity contribution is 9.10. The van der Waals surface area contributed by atoms with E-state index in [1.54, 1.807) is 0 Å². The summed E-state index contributed by atoms with van der Waals surface area (Å²) in [5, 5.41) is 0.295. The van der Waals surface area contributed by atoms with Crippen LogP contribution in [0.3, 0.4) is 0 Å². The van der Waals surface area contributed by atoms with Gasteiger partial charge in [0.05, 0.1) is 4.47 Å². The van der Waals surface area contributed by atoms with E-state index in [0.717, 1.165) is 12.0 Å². The molecular weight excluding hydrogens is 427 g/mol. The quantitative estimate of drug-likeness (QED) is 0.496. The number of thioether (sulfide) groups is 1. The van der Waals surface area contributed by atoms with Crippen molar-refractivity contribution in [1.29, 1.82) is 0 Å². The Balaban J connectivity index is 1.98. The highest BCUT2D eigenvalue weighted by Gasteiger charge is 2.42. The Hall–Kier alpha value is -0.623. The van der Waals surface area contributed by atoms with E-state index >= 15 is 0 Å². The van der Waals surface area contributed by atoms with Crippen LogP contribution in [0.5, 0.6) is 0 Å². The maximum absolute atomic E-state index is 13.8. The molecule has 1 N–H and O–H groups in total. The Bertz CT molecular complexity index is 779. The first kappa shape index (κ1) is 20.1. The van der Waals surface area contributed by atoms with Gasteiger partial charge < -0.3 is 4.80 Å². The zero-order chi connectivity index (χ0) is 19.1. The molecule has 1 aromatic rings. The van der Waals surface area contributed by atoms with Crippen molar-refractivity contribution in [2.24, 2.45) is 5.92 Å². The second kappa shape index (κ2) is 7.42. The van der Waals surface area contributed by atoms with Gasteiger partial charge in [0.15, 0.2) is 8.32 Å². The molecule has 1 aliphatic carbocycles. The lowest BCUT2D eigenvalue weighted by Crippen LogP contribution is -2.40. The van der Waals surface area contributed by atoms with E-state index in [4.69, 9.17) is 0 Å². The minimum atomic E-state index is -2.34. The van der Waals surface area contributed by atoms with Gasteiger partial charge in [0, 0.05) is 17.1 Å². The van der Waals surface area contributed by atoms with Gasteiger partial charge in [0.1, 0.15) is 5.82 Å². The maximum atomic E-state index is 13.8. The zero-order valence-electron chi connectivity index (χ0n) is 15.7. The zero-order valence-corrected chi connectivity index (χ0v) is 19.1. The summed E-state index contributed by atoms with van der Waals surface area (Å²) < 4.78 is 14.3. The summed E-state index contributed by atoms with van der Waals surface area (Å²) in [6.07, 6.45) is 11.9. The average molecular weight is 453 g/mol. The molecule has 2 aliphatic rings. The molecule has 0 radical (unpaired) electrons.